The molecular formula is C24H28F3N7O2. The molecule has 2 aromatic heterocycles. The third-order valence-corrected chi connectivity index (χ3v) is 7.12. The average Bonchev–Trinajstić information content (AvgIpc) is 3.18. The van der Waals surface area contributed by atoms with Crippen molar-refractivity contribution < 1.29 is 23.1 Å². The largest absolute Gasteiger partial charge is 0.393 e. The number of halogens is 3. The van der Waals surface area contributed by atoms with Gasteiger partial charge in [-0.05, 0) is 51.4 Å². The van der Waals surface area contributed by atoms with Crippen LogP contribution in [0.25, 0.3) is 11.2 Å². The number of anilines is 3. The van der Waals surface area contributed by atoms with Crippen LogP contribution in [0.15, 0.2) is 18.3 Å². The predicted molar refractivity (Wildman–Crippen MR) is 127 cm³/mol. The van der Waals surface area contributed by atoms with Crippen molar-refractivity contribution in [1.29, 1.82) is 0 Å². The molecule has 0 saturated heterocycles. The summed E-state index contributed by atoms with van der Waals surface area (Å²) in [6.07, 6.45) is 6.59. The van der Waals surface area contributed by atoms with Crippen molar-refractivity contribution in [3.63, 3.8) is 0 Å². The Kier molecular flexibility index (Phi) is 6.69. The van der Waals surface area contributed by atoms with Crippen LogP contribution in [0.5, 0.6) is 0 Å². The number of aliphatic hydroxyl groups excluding tert-OH is 1. The van der Waals surface area contributed by atoms with Gasteiger partial charge in [0.1, 0.15) is 17.0 Å². The van der Waals surface area contributed by atoms with E-state index >= 15 is 0 Å². The lowest BCUT2D eigenvalue weighted by molar-refractivity contribution is -0.122. The Morgan fingerprint density at radius 1 is 1.06 bits per heavy atom. The Bertz CT molecular complexity index is 1250. The Hall–Kier alpha value is -3.41. The van der Waals surface area contributed by atoms with E-state index in [0.717, 1.165) is 19.3 Å². The molecule has 2 atom stereocenters. The number of aliphatic hydroxyl groups is 1. The summed E-state index contributed by atoms with van der Waals surface area (Å²) in [5.41, 5.74) is 5.82. The number of aromatic nitrogens is 4. The maximum atomic E-state index is 14.4. The van der Waals surface area contributed by atoms with E-state index in [2.05, 4.69) is 25.6 Å². The first-order chi connectivity index (χ1) is 17.3. The minimum atomic E-state index is -1.09. The summed E-state index contributed by atoms with van der Waals surface area (Å²) in [5, 5.41) is 15.9. The number of amides is 1. The number of hydrogen-bond donors (Lipinski definition) is 4. The van der Waals surface area contributed by atoms with Crippen LogP contribution < -0.4 is 16.4 Å². The maximum Gasteiger partial charge on any atom is 0.224 e. The van der Waals surface area contributed by atoms with E-state index in [1.807, 2.05) is 0 Å². The molecule has 1 amide bonds. The average molecular weight is 504 g/mol. The minimum absolute atomic E-state index is 0.0218. The number of fused-ring (bicyclic) bond motifs is 1. The fraction of sp³-hybridized carbons (Fsp3) is 0.500. The quantitative estimate of drug-likeness (QED) is 0.401. The first-order valence-electron chi connectivity index (χ1n) is 12.2. The molecule has 2 fully saturated rings. The Morgan fingerprint density at radius 2 is 1.78 bits per heavy atom. The van der Waals surface area contributed by atoms with Crippen LogP contribution in [0.4, 0.5) is 30.8 Å². The normalized spacial score (nSPS) is 24.6. The molecule has 3 aromatic rings. The molecule has 1 aromatic carbocycles. The number of imidazole rings is 1. The van der Waals surface area contributed by atoms with Crippen molar-refractivity contribution in [2.45, 2.75) is 69.6 Å². The molecular weight excluding hydrogens is 475 g/mol. The lowest BCUT2D eigenvalue weighted by Crippen LogP contribution is -2.30. The molecule has 5 N–H and O–H groups in total. The first-order valence-corrected chi connectivity index (χ1v) is 12.2. The monoisotopic (exact) mass is 503 g/mol. The summed E-state index contributed by atoms with van der Waals surface area (Å²) in [6.45, 7) is 0. The zero-order valence-corrected chi connectivity index (χ0v) is 19.6. The van der Waals surface area contributed by atoms with E-state index in [-0.39, 0.29) is 36.0 Å². The molecule has 0 spiro atoms. The second-order valence-corrected chi connectivity index (χ2v) is 9.65. The Morgan fingerprint density at radius 3 is 2.44 bits per heavy atom. The molecule has 0 radical (unpaired) electrons. The van der Waals surface area contributed by atoms with Gasteiger partial charge in [0.2, 0.25) is 17.8 Å². The third kappa shape index (κ3) is 4.95. The van der Waals surface area contributed by atoms with Crippen LogP contribution >= 0.6 is 0 Å². The number of nitrogens with two attached hydrogens (primary N) is 1. The number of benzene rings is 1. The lowest BCUT2D eigenvalue weighted by atomic mass is 9.85. The maximum absolute atomic E-state index is 14.4. The SMILES string of the molecule is NC(=O)[C@H]1CC[C@H](n2c(Nc3c(F)cc(F)cc3F)nc3cnc(N[C@H]4CCC[C@H](O)C4)nc32)CC1. The van der Waals surface area contributed by atoms with Crippen LogP contribution in [0, 0.1) is 23.4 Å². The van der Waals surface area contributed by atoms with Gasteiger partial charge in [-0.3, -0.25) is 9.36 Å². The van der Waals surface area contributed by atoms with Crippen molar-refractivity contribution in [1.82, 2.24) is 19.5 Å². The molecule has 36 heavy (non-hydrogen) atoms. The summed E-state index contributed by atoms with van der Waals surface area (Å²) >= 11 is 0. The van der Waals surface area contributed by atoms with Crippen molar-refractivity contribution >= 4 is 34.7 Å². The summed E-state index contributed by atoms with van der Waals surface area (Å²) < 4.78 is 44.1. The number of rotatable bonds is 6. The summed E-state index contributed by atoms with van der Waals surface area (Å²) in [4.78, 5) is 25.2. The highest BCUT2D eigenvalue weighted by atomic mass is 19.1. The second kappa shape index (κ2) is 9.92. The number of nitrogens with zero attached hydrogens (tertiary/aromatic N) is 4. The number of primary amides is 1. The molecule has 0 unspecified atom stereocenters. The number of carbonyl (C=O) groups is 1. The second-order valence-electron chi connectivity index (χ2n) is 9.65. The van der Waals surface area contributed by atoms with Crippen molar-refractivity contribution in [2.24, 2.45) is 11.7 Å². The van der Waals surface area contributed by atoms with Crippen molar-refractivity contribution in [3.05, 3.63) is 35.8 Å². The molecule has 192 valence electrons. The fourth-order valence-corrected chi connectivity index (χ4v) is 5.26. The lowest BCUT2D eigenvalue weighted by Gasteiger charge is -2.29. The molecule has 12 heteroatoms. The zero-order chi connectivity index (χ0) is 25.4. The molecule has 0 bridgehead atoms. The van der Waals surface area contributed by atoms with Crippen LogP contribution in [-0.4, -0.2) is 42.7 Å². The van der Waals surface area contributed by atoms with Gasteiger partial charge in [-0.15, -0.1) is 0 Å². The summed E-state index contributed by atoms with van der Waals surface area (Å²) in [7, 11) is 0. The minimum Gasteiger partial charge on any atom is -0.393 e. The molecule has 2 aliphatic rings. The van der Waals surface area contributed by atoms with Crippen LogP contribution in [0.1, 0.15) is 57.4 Å². The summed E-state index contributed by atoms with van der Waals surface area (Å²) in [6, 6.07) is 1.04. The highest BCUT2D eigenvalue weighted by molar-refractivity contribution is 5.78. The third-order valence-electron chi connectivity index (χ3n) is 7.12. The van der Waals surface area contributed by atoms with Gasteiger partial charge in [-0.1, -0.05) is 0 Å². The van der Waals surface area contributed by atoms with Crippen molar-refractivity contribution in [2.75, 3.05) is 10.6 Å². The fourth-order valence-electron chi connectivity index (χ4n) is 5.26. The number of hydrogen-bond acceptors (Lipinski definition) is 7. The topological polar surface area (TPSA) is 131 Å². The van der Waals surface area contributed by atoms with Gasteiger partial charge < -0.3 is 21.5 Å². The van der Waals surface area contributed by atoms with E-state index in [9.17, 15) is 23.1 Å². The van der Waals surface area contributed by atoms with Gasteiger partial charge in [0.15, 0.2) is 17.3 Å². The molecule has 9 nitrogen and oxygen atoms in total. The molecule has 0 aliphatic heterocycles. The highest BCUT2D eigenvalue weighted by Gasteiger charge is 2.30. The van der Waals surface area contributed by atoms with E-state index < -0.39 is 23.1 Å². The van der Waals surface area contributed by atoms with Gasteiger partial charge in [0, 0.05) is 30.1 Å². The van der Waals surface area contributed by atoms with Gasteiger partial charge in [-0.2, -0.15) is 4.98 Å². The van der Waals surface area contributed by atoms with Gasteiger partial charge in [0.25, 0.3) is 0 Å². The predicted octanol–water partition coefficient (Wildman–Crippen LogP) is 3.92. The molecule has 2 heterocycles. The number of nitrogens with one attached hydrogen (secondary N) is 2. The van der Waals surface area contributed by atoms with Crippen molar-refractivity contribution in [3.8, 4) is 0 Å². The highest BCUT2D eigenvalue weighted by Crippen LogP contribution is 2.37. The van der Waals surface area contributed by atoms with Crippen LogP contribution in [0.2, 0.25) is 0 Å². The first kappa shape index (κ1) is 24.3. The van der Waals surface area contributed by atoms with Gasteiger partial charge in [0.05, 0.1) is 12.3 Å². The smallest absolute Gasteiger partial charge is 0.224 e. The zero-order valence-electron chi connectivity index (χ0n) is 19.6. The van der Waals surface area contributed by atoms with E-state index in [0.29, 0.717) is 61.3 Å². The molecule has 5 rings (SSSR count). The number of carbonyl (C=O) groups excluding carboxylic acids is 1. The van der Waals surface area contributed by atoms with E-state index in [4.69, 9.17) is 5.73 Å². The van der Waals surface area contributed by atoms with E-state index in [1.54, 1.807) is 4.57 Å². The Labute approximate surface area is 205 Å². The van der Waals surface area contributed by atoms with E-state index in [1.165, 1.54) is 6.20 Å². The summed E-state index contributed by atoms with van der Waals surface area (Å²) in [5.74, 6) is -3.29. The van der Waals surface area contributed by atoms with Gasteiger partial charge in [-0.25, -0.2) is 23.1 Å². The van der Waals surface area contributed by atoms with Crippen LogP contribution in [0.3, 0.4) is 0 Å². The molecule has 2 aliphatic carbocycles. The van der Waals surface area contributed by atoms with Gasteiger partial charge >= 0.3 is 0 Å². The molecule has 2 saturated carbocycles. The van der Waals surface area contributed by atoms with Crippen LogP contribution in [-0.2, 0) is 4.79 Å². The standard InChI is InChI=1S/C24H28F3N7O2/c25-13-8-17(26)20(18(27)9-13)32-24-31-19-11-29-23(30-14-2-1-3-16(35)10-14)33-22(19)34(24)15-6-4-12(5-7-15)21(28)36/h8-9,11-12,14-16,35H,1-7,10H2,(H2,28,36)(H,31,32)(H,29,30,33)/t12-,14-,15-,16-/m0/s1. The Balaban J connectivity index is 1.51.